The molecule has 0 aromatic heterocycles. The molecule has 3 atom stereocenters. The van der Waals surface area contributed by atoms with Gasteiger partial charge in [0.15, 0.2) is 5.12 Å². The van der Waals surface area contributed by atoms with Gasteiger partial charge in [-0.15, -0.1) is 0 Å². The standard InChI is InChI=1S/C12H20OS/c1-8(2)6-7-12(5)10(4)9(3)11(13)14-12/h6,9-10H,7H2,1-5H3. The molecular formula is C12H20OS. The van der Waals surface area contributed by atoms with E-state index in [1.54, 1.807) is 11.8 Å². The average molecular weight is 212 g/mol. The van der Waals surface area contributed by atoms with Crippen molar-refractivity contribution in [1.29, 1.82) is 0 Å². The van der Waals surface area contributed by atoms with E-state index < -0.39 is 0 Å². The normalized spacial score (nSPS) is 37.4. The van der Waals surface area contributed by atoms with Gasteiger partial charge in [-0.2, -0.15) is 0 Å². The number of allylic oxidation sites excluding steroid dienone is 2. The maximum Gasteiger partial charge on any atom is 0.192 e. The van der Waals surface area contributed by atoms with Gasteiger partial charge in [0.05, 0.1) is 0 Å². The fourth-order valence-electron chi connectivity index (χ4n) is 1.78. The maximum atomic E-state index is 11.6. The molecule has 0 saturated carbocycles. The van der Waals surface area contributed by atoms with E-state index >= 15 is 0 Å². The first-order valence-electron chi connectivity index (χ1n) is 5.23. The van der Waals surface area contributed by atoms with Crippen molar-refractivity contribution in [2.24, 2.45) is 11.8 Å². The quantitative estimate of drug-likeness (QED) is 0.650. The summed E-state index contributed by atoms with van der Waals surface area (Å²) in [5, 5.41) is 0.363. The lowest BCUT2D eigenvalue weighted by Gasteiger charge is -2.27. The van der Waals surface area contributed by atoms with E-state index in [9.17, 15) is 4.79 Å². The zero-order valence-electron chi connectivity index (χ0n) is 9.76. The summed E-state index contributed by atoms with van der Waals surface area (Å²) in [5.41, 5.74) is 1.34. The maximum absolute atomic E-state index is 11.6. The van der Waals surface area contributed by atoms with Gasteiger partial charge in [-0.25, -0.2) is 0 Å². The Morgan fingerprint density at radius 1 is 1.50 bits per heavy atom. The summed E-state index contributed by atoms with van der Waals surface area (Å²) in [6.45, 7) is 10.7. The van der Waals surface area contributed by atoms with Crippen LogP contribution in [0.15, 0.2) is 11.6 Å². The predicted octanol–water partition coefficient (Wildman–Crippen LogP) is 3.65. The molecule has 0 bridgehead atoms. The first-order valence-corrected chi connectivity index (χ1v) is 6.04. The highest BCUT2D eigenvalue weighted by molar-refractivity contribution is 8.15. The number of thioether (sulfide) groups is 1. The van der Waals surface area contributed by atoms with Gasteiger partial charge in [-0.1, -0.05) is 37.3 Å². The van der Waals surface area contributed by atoms with Crippen molar-refractivity contribution in [3.63, 3.8) is 0 Å². The van der Waals surface area contributed by atoms with Gasteiger partial charge >= 0.3 is 0 Å². The van der Waals surface area contributed by atoms with Gasteiger partial charge in [0.2, 0.25) is 0 Å². The molecule has 0 radical (unpaired) electrons. The molecule has 1 fully saturated rings. The van der Waals surface area contributed by atoms with E-state index in [-0.39, 0.29) is 10.7 Å². The molecule has 0 spiro atoms. The zero-order chi connectivity index (χ0) is 10.9. The van der Waals surface area contributed by atoms with E-state index in [0.29, 0.717) is 11.0 Å². The Morgan fingerprint density at radius 3 is 2.43 bits per heavy atom. The summed E-state index contributed by atoms with van der Waals surface area (Å²) in [7, 11) is 0. The molecule has 0 aliphatic carbocycles. The third kappa shape index (κ3) is 2.22. The second kappa shape index (κ2) is 4.09. The Bertz CT molecular complexity index is 265. The van der Waals surface area contributed by atoms with E-state index in [1.165, 1.54) is 5.57 Å². The minimum absolute atomic E-state index is 0.119. The van der Waals surface area contributed by atoms with Gasteiger partial charge < -0.3 is 0 Å². The lowest BCUT2D eigenvalue weighted by Crippen LogP contribution is -2.26. The summed E-state index contributed by atoms with van der Waals surface area (Å²) < 4.78 is 0.119. The largest absolute Gasteiger partial charge is 0.287 e. The third-order valence-corrected chi connectivity index (χ3v) is 4.91. The minimum Gasteiger partial charge on any atom is -0.287 e. The Hall–Kier alpha value is -0.240. The zero-order valence-corrected chi connectivity index (χ0v) is 10.6. The summed E-state index contributed by atoms with van der Waals surface area (Å²) in [5.74, 6) is 0.700. The van der Waals surface area contributed by atoms with Crippen LogP contribution in [-0.4, -0.2) is 9.86 Å². The van der Waals surface area contributed by atoms with Crippen molar-refractivity contribution < 1.29 is 4.79 Å². The molecule has 0 aromatic carbocycles. The Morgan fingerprint density at radius 2 is 2.07 bits per heavy atom. The van der Waals surface area contributed by atoms with Crippen LogP contribution >= 0.6 is 11.8 Å². The molecule has 0 aromatic rings. The van der Waals surface area contributed by atoms with Crippen LogP contribution < -0.4 is 0 Å². The Balaban J connectivity index is 2.76. The highest BCUT2D eigenvalue weighted by Crippen LogP contribution is 2.49. The van der Waals surface area contributed by atoms with Crippen LogP contribution in [0.25, 0.3) is 0 Å². The fourth-order valence-corrected chi connectivity index (χ4v) is 3.19. The van der Waals surface area contributed by atoms with Gasteiger partial charge in [0, 0.05) is 10.7 Å². The fraction of sp³-hybridized carbons (Fsp3) is 0.750. The van der Waals surface area contributed by atoms with E-state index in [0.717, 1.165) is 6.42 Å². The molecule has 0 amide bonds. The van der Waals surface area contributed by atoms with Crippen molar-refractivity contribution in [3.8, 4) is 0 Å². The van der Waals surface area contributed by atoms with Gasteiger partial charge in [0.25, 0.3) is 0 Å². The summed E-state index contributed by atoms with van der Waals surface area (Å²) in [6.07, 6.45) is 3.26. The monoisotopic (exact) mass is 212 g/mol. The lowest BCUT2D eigenvalue weighted by molar-refractivity contribution is -0.114. The summed E-state index contributed by atoms with van der Waals surface area (Å²) in [6, 6.07) is 0. The topological polar surface area (TPSA) is 17.1 Å². The molecule has 0 N–H and O–H groups in total. The highest BCUT2D eigenvalue weighted by atomic mass is 32.2. The van der Waals surface area contributed by atoms with Crippen LogP contribution in [0, 0.1) is 11.8 Å². The van der Waals surface area contributed by atoms with Crippen molar-refractivity contribution in [2.75, 3.05) is 0 Å². The van der Waals surface area contributed by atoms with Crippen LogP contribution in [-0.2, 0) is 4.79 Å². The van der Waals surface area contributed by atoms with E-state index in [2.05, 4.69) is 33.8 Å². The van der Waals surface area contributed by atoms with Crippen LogP contribution in [0.4, 0.5) is 0 Å². The number of carbonyl (C=O) groups excluding carboxylic acids is 1. The number of hydrogen-bond donors (Lipinski definition) is 0. The second-order valence-corrected chi connectivity index (χ2v) is 6.34. The Kier molecular flexibility index (Phi) is 3.46. The highest BCUT2D eigenvalue weighted by Gasteiger charge is 2.45. The molecule has 14 heavy (non-hydrogen) atoms. The van der Waals surface area contributed by atoms with Gasteiger partial charge in [0.1, 0.15) is 0 Å². The van der Waals surface area contributed by atoms with Crippen LogP contribution in [0.3, 0.4) is 0 Å². The molecule has 1 nitrogen and oxygen atoms in total. The number of carbonyl (C=O) groups is 1. The molecule has 2 heteroatoms. The molecule has 80 valence electrons. The minimum atomic E-state index is 0.119. The summed E-state index contributed by atoms with van der Waals surface area (Å²) >= 11 is 1.54. The summed E-state index contributed by atoms with van der Waals surface area (Å²) in [4.78, 5) is 11.6. The Labute approximate surface area is 91.3 Å². The van der Waals surface area contributed by atoms with Crippen LogP contribution in [0.5, 0.6) is 0 Å². The lowest BCUT2D eigenvalue weighted by atomic mass is 9.83. The molecule has 1 rings (SSSR count). The molecule has 1 heterocycles. The first kappa shape index (κ1) is 11.8. The molecule has 1 saturated heterocycles. The van der Waals surface area contributed by atoms with Crippen LogP contribution in [0.1, 0.15) is 41.0 Å². The molecular weight excluding hydrogens is 192 g/mol. The SMILES string of the molecule is CC(C)=CCC1(C)SC(=O)C(C)C1C. The molecule has 1 aliphatic heterocycles. The number of hydrogen-bond acceptors (Lipinski definition) is 2. The van der Waals surface area contributed by atoms with Crippen molar-refractivity contribution in [3.05, 3.63) is 11.6 Å². The van der Waals surface area contributed by atoms with E-state index in [4.69, 9.17) is 0 Å². The van der Waals surface area contributed by atoms with E-state index in [1.807, 2.05) is 6.92 Å². The predicted molar refractivity (Wildman–Crippen MR) is 63.4 cm³/mol. The molecule has 3 unspecified atom stereocenters. The van der Waals surface area contributed by atoms with Crippen molar-refractivity contribution in [1.82, 2.24) is 0 Å². The smallest absolute Gasteiger partial charge is 0.192 e. The van der Waals surface area contributed by atoms with Crippen molar-refractivity contribution >= 4 is 16.9 Å². The van der Waals surface area contributed by atoms with Gasteiger partial charge in [-0.3, -0.25) is 4.79 Å². The average Bonchev–Trinajstić information content (AvgIpc) is 2.28. The van der Waals surface area contributed by atoms with Crippen LogP contribution in [0.2, 0.25) is 0 Å². The second-order valence-electron chi connectivity index (χ2n) is 4.80. The first-order chi connectivity index (χ1) is 6.37. The number of rotatable bonds is 2. The van der Waals surface area contributed by atoms with Gasteiger partial charge in [-0.05, 0) is 33.1 Å². The molecule has 1 aliphatic rings. The van der Waals surface area contributed by atoms with Crippen molar-refractivity contribution in [2.45, 2.75) is 45.8 Å². The third-order valence-electron chi connectivity index (χ3n) is 3.33.